The van der Waals surface area contributed by atoms with E-state index < -0.39 is 29.3 Å². The van der Waals surface area contributed by atoms with Crippen molar-refractivity contribution in [1.29, 1.82) is 0 Å². The number of amides is 1. The van der Waals surface area contributed by atoms with Crippen LogP contribution in [-0.4, -0.2) is 26.9 Å². The summed E-state index contributed by atoms with van der Waals surface area (Å²) in [6.07, 6.45) is 3.05. The van der Waals surface area contributed by atoms with Crippen molar-refractivity contribution >= 4 is 23.3 Å². The molecule has 7 nitrogen and oxygen atoms in total. The average Bonchev–Trinajstić information content (AvgIpc) is 3.24. The normalized spacial score (nSPS) is 18.6. The fourth-order valence-electron chi connectivity index (χ4n) is 3.15. The third-order valence-corrected chi connectivity index (χ3v) is 4.42. The van der Waals surface area contributed by atoms with Gasteiger partial charge in [-0.05, 0) is 42.8 Å². The Morgan fingerprint density at radius 1 is 1.21 bits per heavy atom. The summed E-state index contributed by atoms with van der Waals surface area (Å²) in [7, 11) is 0. The van der Waals surface area contributed by atoms with Crippen LogP contribution in [0.25, 0.3) is 5.76 Å². The number of aliphatic hydroxyl groups excluding tert-OH is 1. The molecule has 2 aromatic heterocycles. The van der Waals surface area contributed by atoms with Crippen molar-refractivity contribution in [1.82, 2.24) is 10.1 Å². The zero-order valence-electron chi connectivity index (χ0n) is 14.7. The molecule has 0 radical (unpaired) electrons. The lowest BCUT2D eigenvalue weighted by Gasteiger charge is -2.22. The molecule has 1 aliphatic rings. The summed E-state index contributed by atoms with van der Waals surface area (Å²) in [6.45, 7) is 1.66. The van der Waals surface area contributed by atoms with Gasteiger partial charge in [0, 0.05) is 24.0 Å². The van der Waals surface area contributed by atoms with Crippen LogP contribution in [0.1, 0.15) is 22.9 Å². The fourth-order valence-corrected chi connectivity index (χ4v) is 3.15. The van der Waals surface area contributed by atoms with E-state index >= 15 is 0 Å². The minimum absolute atomic E-state index is 0.134. The highest BCUT2D eigenvalue weighted by Crippen LogP contribution is 2.41. The van der Waals surface area contributed by atoms with Gasteiger partial charge in [-0.25, -0.2) is 4.39 Å². The zero-order chi connectivity index (χ0) is 19.8. The van der Waals surface area contributed by atoms with E-state index in [1.54, 1.807) is 25.3 Å². The molecule has 1 N–H and O–H groups in total. The Bertz CT molecular complexity index is 1090. The fraction of sp³-hybridized carbons (Fsp3) is 0.100. The quantitative estimate of drug-likeness (QED) is 0.427. The topological polar surface area (TPSA) is 96.5 Å². The van der Waals surface area contributed by atoms with Gasteiger partial charge in [-0.2, -0.15) is 0 Å². The van der Waals surface area contributed by atoms with E-state index in [1.165, 1.54) is 24.4 Å². The first-order valence-electron chi connectivity index (χ1n) is 8.37. The summed E-state index contributed by atoms with van der Waals surface area (Å²) in [5, 5.41) is 14.6. The molecule has 1 amide bonds. The monoisotopic (exact) mass is 379 g/mol. The highest BCUT2D eigenvalue weighted by molar-refractivity contribution is 6.51. The molecule has 3 aromatic rings. The minimum atomic E-state index is -0.955. The summed E-state index contributed by atoms with van der Waals surface area (Å²) < 4.78 is 18.3. The Hall–Kier alpha value is -3.81. The Kier molecular flexibility index (Phi) is 4.23. The van der Waals surface area contributed by atoms with E-state index in [4.69, 9.17) is 4.52 Å². The summed E-state index contributed by atoms with van der Waals surface area (Å²) >= 11 is 0. The molecule has 0 unspecified atom stereocenters. The molecule has 1 saturated heterocycles. The van der Waals surface area contributed by atoms with E-state index in [1.807, 2.05) is 0 Å². The molecule has 4 rings (SSSR count). The predicted octanol–water partition coefficient (Wildman–Crippen LogP) is 3.14. The van der Waals surface area contributed by atoms with Gasteiger partial charge in [0.2, 0.25) is 0 Å². The number of hydrogen-bond donors (Lipinski definition) is 1. The van der Waals surface area contributed by atoms with Gasteiger partial charge in [-0.15, -0.1) is 0 Å². The summed E-state index contributed by atoms with van der Waals surface area (Å²) in [5.41, 5.74) is 0.584. The van der Waals surface area contributed by atoms with Crippen LogP contribution in [-0.2, 0) is 9.59 Å². The smallest absolute Gasteiger partial charge is 0.301 e. The Morgan fingerprint density at radius 2 is 1.96 bits per heavy atom. The third kappa shape index (κ3) is 2.84. The maximum absolute atomic E-state index is 13.2. The molecular formula is C20H14FN3O4. The molecule has 8 heteroatoms. The van der Waals surface area contributed by atoms with Crippen LogP contribution in [0.3, 0.4) is 0 Å². The third-order valence-electron chi connectivity index (χ3n) is 4.42. The van der Waals surface area contributed by atoms with Crippen LogP contribution in [0, 0.1) is 12.7 Å². The molecule has 1 aromatic carbocycles. The Morgan fingerprint density at radius 3 is 2.57 bits per heavy atom. The van der Waals surface area contributed by atoms with E-state index in [-0.39, 0.29) is 17.0 Å². The number of aryl methyl sites for hydroxylation is 1. The van der Waals surface area contributed by atoms with Gasteiger partial charge in [0.25, 0.3) is 5.78 Å². The number of rotatable bonds is 3. The summed E-state index contributed by atoms with van der Waals surface area (Å²) in [6, 6.07) is 8.88. The van der Waals surface area contributed by atoms with Gasteiger partial charge >= 0.3 is 5.91 Å². The van der Waals surface area contributed by atoms with Gasteiger partial charge in [0.1, 0.15) is 17.3 Å². The summed E-state index contributed by atoms with van der Waals surface area (Å²) in [4.78, 5) is 30.8. The van der Waals surface area contributed by atoms with Crippen molar-refractivity contribution in [3.05, 3.63) is 83.1 Å². The molecule has 0 aliphatic carbocycles. The standard InChI is InChI=1S/C20H14FN3O4/c1-11-9-15(23-28-11)24-17(13-3-2-8-22-10-13)16(19(26)20(24)27)18(25)12-4-6-14(21)7-5-12/h2-10,17,25H,1H3/b18-16+/t17-/m0/s1. The second-order valence-electron chi connectivity index (χ2n) is 6.26. The van der Waals surface area contributed by atoms with Crippen molar-refractivity contribution in [2.75, 3.05) is 4.90 Å². The van der Waals surface area contributed by atoms with Crippen LogP contribution in [0.15, 0.2) is 65.0 Å². The number of aliphatic hydroxyl groups is 1. The van der Waals surface area contributed by atoms with Crippen LogP contribution < -0.4 is 4.90 Å². The molecule has 0 spiro atoms. The maximum atomic E-state index is 13.2. The number of halogens is 1. The molecule has 1 aliphatic heterocycles. The lowest BCUT2D eigenvalue weighted by atomic mass is 9.96. The van der Waals surface area contributed by atoms with Gasteiger partial charge < -0.3 is 9.63 Å². The van der Waals surface area contributed by atoms with Crippen molar-refractivity contribution in [2.45, 2.75) is 13.0 Å². The Balaban J connectivity index is 1.93. The first-order chi connectivity index (χ1) is 13.5. The number of aromatic nitrogens is 2. The highest BCUT2D eigenvalue weighted by atomic mass is 19.1. The first-order valence-corrected chi connectivity index (χ1v) is 8.37. The van der Waals surface area contributed by atoms with Crippen molar-refractivity contribution in [3.8, 4) is 0 Å². The number of carbonyl (C=O) groups excluding carboxylic acids is 2. The van der Waals surface area contributed by atoms with Crippen LogP contribution in [0.5, 0.6) is 0 Å². The zero-order valence-corrected chi connectivity index (χ0v) is 14.7. The molecule has 1 atom stereocenters. The number of Topliss-reactive ketones (excluding diaryl/α,β-unsaturated/α-hetero) is 1. The van der Waals surface area contributed by atoms with E-state index in [2.05, 4.69) is 10.1 Å². The highest BCUT2D eigenvalue weighted by Gasteiger charge is 2.48. The van der Waals surface area contributed by atoms with Crippen molar-refractivity contribution in [3.63, 3.8) is 0 Å². The predicted molar refractivity (Wildman–Crippen MR) is 96.7 cm³/mol. The van der Waals surface area contributed by atoms with E-state index in [9.17, 15) is 19.1 Å². The Labute approximate surface area is 158 Å². The number of benzene rings is 1. The molecule has 0 saturated carbocycles. The van der Waals surface area contributed by atoms with Gasteiger partial charge in [-0.1, -0.05) is 11.2 Å². The number of anilines is 1. The van der Waals surface area contributed by atoms with Crippen LogP contribution in [0.4, 0.5) is 10.2 Å². The number of hydrogen-bond acceptors (Lipinski definition) is 6. The maximum Gasteiger partial charge on any atom is 0.301 e. The minimum Gasteiger partial charge on any atom is -0.507 e. The second kappa shape index (κ2) is 6.73. The van der Waals surface area contributed by atoms with Crippen LogP contribution >= 0.6 is 0 Å². The molecule has 28 heavy (non-hydrogen) atoms. The van der Waals surface area contributed by atoms with Gasteiger partial charge in [0.05, 0.1) is 11.6 Å². The second-order valence-corrected chi connectivity index (χ2v) is 6.26. The molecule has 140 valence electrons. The lowest BCUT2D eigenvalue weighted by molar-refractivity contribution is -0.132. The first kappa shape index (κ1) is 17.6. The molecule has 3 heterocycles. The number of ketones is 1. The number of carbonyl (C=O) groups is 2. The molecule has 1 fully saturated rings. The molecular weight excluding hydrogens is 365 g/mol. The van der Waals surface area contributed by atoms with E-state index in [0.717, 1.165) is 17.0 Å². The average molecular weight is 379 g/mol. The van der Waals surface area contributed by atoms with E-state index in [0.29, 0.717) is 11.3 Å². The van der Waals surface area contributed by atoms with Gasteiger partial charge in [-0.3, -0.25) is 19.5 Å². The molecule has 0 bridgehead atoms. The summed E-state index contributed by atoms with van der Waals surface area (Å²) in [5.74, 6) is -2.03. The largest absolute Gasteiger partial charge is 0.507 e. The van der Waals surface area contributed by atoms with Crippen molar-refractivity contribution in [2.24, 2.45) is 0 Å². The lowest BCUT2D eigenvalue weighted by Crippen LogP contribution is -2.29. The van der Waals surface area contributed by atoms with Gasteiger partial charge in [0.15, 0.2) is 5.82 Å². The number of nitrogens with zero attached hydrogens (tertiary/aromatic N) is 3. The van der Waals surface area contributed by atoms with Crippen LogP contribution in [0.2, 0.25) is 0 Å². The number of pyridine rings is 1. The van der Waals surface area contributed by atoms with Crippen molar-refractivity contribution < 1.29 is 23.6 Å². The SMILES string of the molecule is Cc1cc(N2C(=O)C(=O)/C(=C(/O)c3ccc(F)cc3)[C@@H]2c2cccnc2)no1.